The van der Waals surface area contributed by atoms with Gasteiger partial charge in [-0.2, -0.15) is 12.7 Å². The number of urea groups is 1. The second-order valence-corrected chi connectivity index (χ2v) is 9.74. The average Bonchev–Trinajstić information content (AvgIpc) is 2.73. The van der Waals surface area contributed by atoms with E-state index in [9.17, 15) is 13.2 Å². The summed E-state index contributed by atoms with van der Waals surface area (Å²) < 4.78 is 27.3. The maximum Gasteiger partial charge on any atom is 0.323 e. The summed E-state index contributed by atoms with van der Waals surface area (Å²) in [6.45, 7) is 4.73. The third-order valence-corrected chi connectivity index (χ3v) is 6.71. The first-order chi connectivity index (χ1) is 14.7. The Morgan fingerprint density at radius 2 is 2.00 bits per heavy atom. The van der Waals surface area contributed by atoms with Gasteiger partial charge in [0.1, 0.15) is 0 Å². The van der Waals surface area contributed by atoms with Crippen LogP contribution >= 0.6 is 0 Å². The first-order valence-electron chi connectivity index (χ1n) is 10.3. The van der Waals surface area contributed by atoms with Crippen molar-refractivity contribution in [2.45, 2.75) is 26.3 Å². The van der Waals surface area contributed by atoms with E-state index in [1.54, 1.807) is 6.20 Å². The minimum absolute atomic E-state index is 0.297. The van der Waals surface area contributed by atoms with Gasteiger partial charge in [-0.25, -0.2) is 9.52 Å². The third kappa shape index (κ3) is 6.47. The Morgan fingerprint density at radius 1 is 1.19 bits per heavy atom. The number of nitrogens with zero attached hydrogens (tertiary/aromatic N) is 3. The van der Waals surface area contributed by atoms with E-state index in [2.05, 4.69) is 31.3 Å². The average molecular weight is 447 g/mol. The molecule has 1 aromatic carbocycles. The minimum Gasteiger partial charge on any atom is -0.307 e. The van der Waals surface area contributed by atoms with Crippen molar-refractivity contribution < 1.29 is 13.2 Å². The highest BCUT2D eigenvalue weighted by atomic mass is 32.2. The maximum atomic E-state index is 12.4. The van der Waals surface area contributed by atoms with E-state index in [0.717, 1.165) is 49.4 Å². The lowest BCUT2D eigenvalue weighted by Gasteiger charge is -2.30. The molecular weight excluding hydrogens is 416 g/mol. The summed E-state index contributed by atoms with van der Waals surface area (Å²) in [6, 6.07) is 9.30. The summed E-state index contributed by atoms with van der Waals surface area (Å²) in [6.07, 6.45) is 3.18. The van der Waals surface area contributed by atoms with Crippen molar-refractivity contribution in [3.63, 3.8) is 0 Å². The van der Waals surface area contributed by atoms with E-state index in [1.807, 2.05) is 31.2 Å². The summed E-state index contributed by atoms with van der Waals surface area (Å²) in [7, 11) is -0.362. The zero-order valence-electron chi connectivity index (χ0n) is 18.2. The molecule has 10 heteroatoms. The molecule has 31 heavy (non-hydrogen) atoms. The zero-order chi connectivity index (χ0) is 22.4. The van der Waals surface area contributed by atoms with E-state index in [1.165, 1.54) is 24.0 Å². The molecule has 3 rings (SSSR count). The van der Waals surface area contributed by atoms with E-state index in [0.29, 0.717) is 12.2 Å². The van der Waals surface area contributed by atoms with Gasteiger partial charge >= 0.3 is 6.03 Å². The molecular formula is C21H30N6O3S. The van der Waals surface area contributed by atoms with Crippen molar-refractivity contribution in [2.75, 3.05) is 44.4 Å². The number of rotatable bonds is 8. The first-order valence-corrected chi connectivity index (χ1v) is 11.7. The Kier molecular flexibility index (Phi) is 7.60. The Labute approximate surface area is 184 Å². The number of pyridine rings is 1. The molecule has 0 unspecified atom stereocenters. The Morgan fingerprint density at radius 3 is 2.71 bits per heavy atom. The lowest BCUT2D eigenvalue weighted by Crippen LogP contribution is -2.38. The van der Waals surface area contributed by atoms with Crippen molar-refractivity contribution in [3.05, 3.63) is 53.3 Å². The first kappa shape index (κ1) is 23.1. The quantitative estimate of drug-likeness (QED) is 0.539. The predicted octanol–water partition coefficient (Wildman–Crippen LogP) is 2.18. The van der Waals surface area contributed by atoms with E-state index < -0.39 is 10.2 Å². The molecule has 0 radical (unpaired) electrons. The fourth-order valence-electron chi connectivity index (χ4n) is 3.44. The zero-order valence-corrected chi connectivity index (χ0v) is 19.0. The molecule has 0 saturated heterocycles. The molecule has 0 bridgehead atoms. The predicted molar refractivity (Wildman–Crippen MR) is 122 cm³/mol. The van der Waals surface area contributed by atoms with Crippen LogP contribution < -0.4 is 15.4 Å². The van der Waals surface area contributed by atoms with Gasteiger partial charge in [-0.3, -0.25) is 9.88 Å². The van der Waals surface area contributed by atoms with Crippen molar-refractivity contribution in [1.82, 2.24) is 18.9 Å². The molecule has 3 N–H and O–H groups in total. The van der Waals surface area contributed by atoms with E-state index in [-0.39, 0.29) is 6.03 Å². The van der Waals surface area contributed by atoms with Gasteiger partial charge in [0.05, 0.1) is 11.9 Å². The fraction of sp³-hybridized carbons (Fsp3) is 0.429. The fourth-order valence-corrected chi connectivity index (χ4v) is 4.10. The summed E-state index contributed by atoms with van der Waals surface area (Å²) >= 11 is 0. The second-order valence-electron chi connectivity index (χ2n) is 7.77. The standard InChI is InChI=1S/C21H30N6O3S/c1-16-8-9-18(14-22-16)24-21(28)25-20-7-4-6-17-15-27(13-10-19(17)20)12-5-11-23-31(29,30)26(2)3/h4,6-9,14,23H,5,10-13,15H2,1-3H3,(H2,24,25,28). The molecule has 1 aromatic heterocycles. The Hall–Kier alpha value is -2.53. The van der Waals surface area contributed by atoms with Crippen LogP contribution in [0.2, 0.25) is 0 Å². The van der Waals surface area contributed by atoms with Gasteiger partial charge < -0.3 is 10.6 Å². The molecule has 2 heterocycles. The topological polar surface area (TPSA) is 107 Å². The van der Waals surface area contributed by atoms with Gasteiger partial charge in [0.2, 0.25) is 0 Å². The summed E-state index contributed by atoms with van der Waals surface area (Å²) in [5.74, 6) is 0. The molecule has 1 aliphatic rings. The summed E-state index contributed by atoms with van der Waals surface area (Å²) in [4.78, 5) is 18.9. The Bertz CT molecular complexity index is 1010. The molecule has 9 nitrogen and oxygen atoms in total. The SMILES string of the molecule is Cc1ccc(NC(=O)Nc2cccc3c2CCN(CCCNS(=O)(=O)N(C)C)C3)cn1. The normalized spacial score (nSPS) is 14.3. The van der Waals surface area contributed by atoms with Crippen LogP contribution in [-0.2, 0) is 23.2 Å². The van der Waals surface area contributed by atoms with Gasteiger partial charge in [-0.1, -0.05) is 12.1 Å². The second kappa shape index (κ2) is 10.2. The Balaban J connectivity index is 1.53. The summed E-state index contributed by atoms with van der Waals surface area (Å²) in [5.41, 5.74) is 4.67. The van der Waals surface area contributed by atoms with Crippen LogP contribution in [0.5, 0.6) is 0 Å². The van der Waals surface area contributed by atoms with Crippen molar-refractivity contribution in [3.8, 4) is 0 Å². The summed E-state index contributed by atoms with van der Waals surface area (Å²) in [5, 5.41) is 5.75. The monoisotopic (exact) mass is 446 g/mol. The molecule has 0 saturated carbocycles. The van der Waals surface area contributed by atoms with E-state index in [4.69, 9.17) is 0 Å². The highest BCUT2D eigenvalue weighted by molar-refractivity contribution is 7.87. The number of carbonyl (C=O) groups excluding carboxylic acids is 1. The number of nitrogens with one attached hydrogen (secondary N) is 3. The molecule has 0 fully saturated rings. The number of aryl methyl sites for hydroxylation is 1. The van der Waals surface area contributed by atoms with Crippen LogP contribution in [0, 0.1) is 6.92 Å². The number of aromatic nitrogens is 1. The number of benzene rings is 1. The highest BCUT2D eigenvalue weighted by Crippen LogP contribution is 2.26. The molecule has 1 aliphatic heterocycles. The number of fused-ring (bicyclic) bond motifs is 1. The van der Waals surface area contributed by atoms with Crippen LogP contribution in [0.4, 0.5) is 16.2 Å². The number of hydrogen-bond donors (Lipinski definition) is 3. The van der Waals surface area contributed by atoms with E-state index >= 15 is 0 Å². The van der Waals surface area contributed by atoms with Crippen molar-refractivity contribution >= 4 is 27.6 Å². The van der Waals surface area contributed by atoms with Crippen LogP contribution in [-0.4, -0.2) is 62.4 Å². The minimum atomic E-state index is -3.38. The molecule has 0 atom stereocenters. The van der Waals surface area contributed by atoms with Gasteiger partial charge in [0.15, 0.2) is 0 Å². The lowest BCUT2D eigenvalue weighted by atomic mass is 9.97. The third-order valence-electron chi connectivity index (χ3n) is 5.18. The number of amides is 2. The smallest absolute Gasteiger partial charge is 0.307 e. The van der Waals surface area contributed by atoms with Crippen molar-refractivity contribution in [1.29, 1.82) is 0 Å². The lowest BCUT2D eigenvalue weighted by molar-refractivity contribution is 0.251. The van der Waals surface area contributed by atoms with Crippen LogP contribution in [0.1, 0.15) is 23.2 Å². The van der Waals surface area contributed by atoms with Gasteiger partial charge in [0.25, 0.3) is 10.2 Å². The number of anilines is 2. The van der Waals surface area contributed by atoms with Crippen LogP contribution in [0.25, 0.3) is 0 Å². The molecule has 2 aromatic rings. The highest BCUT2D eigenvalue weighted by Gasteiger charge is 2.20. The largest absolute Gasteiger partial charge is 0.323 e. The molecule has 168 valence electrons. The number of carbonyl (C=O) groups is 1. The van der Waals surface area contributed by atoms with Crippen LogP contribution in [0.15, 0.2) is 36.5 Å². The molecule has 0 aliphatic carbocycles. The van der Waals surface area contributed by atoms with Crippen LogP contribution in [0.3, 0.4) is 0 Å². The van der Waals surface area contributed by atoms with Gasteiger partial charge in [-0.05, 0) is 55.6 Å². The van der Waals surface area contributed by atoms with Gasteiger partial charge in [-0.15, -0.1) is 0 Å². The number of hydrogen-bond acceptors (Lipinski definition) is 5. The van der Waals surface area contributed by atoms with Crippen molar-refractivity contribution in [2.24, 2.45) is 0 Å². The molecule has 0 spiro atoms. The molecule has 2 amide bonds. The maximum absolute atomic E-state index is 12.4. The van der Waals surface area contributed by atoms with Gasteiger partial charge in [0, 0.05) is 45.1 Å².